The predicted molar refractivity (Wildman–Crippen MR) is 53.2 cm³/mol. The topological polar surface area (TPSA) is 45.4 Å². The fourth-order valence-electron chi connectivity index (χ4n) is 0.808. The van der Waals surface area contributed by atoms with E-state index < -0.39 is 0 Å². The van der Waals surface area contributed by atoms with Gasteiger partial charge in [0.2, 0.25) is 0 Å². The molecule has 1 aromatic rings. The van der Waals surface area contributed by atoms with Crippen LogP contribution in [0.4, 0.5) is 0 Å². The molecule has 0 aliphatic rings. The standard InChI is InChI=1S/C9H8N2OS/c1-13-12-11-9(7-10)8-5-3-2-4-6-8/h2-6H,1H3. The number of hydrogen-bond acceptors (Lipinski definition) is 4. The van der Waals surface area contributed by atoms with Crippen LogP contribution in [0.25, 0.3) is 0 Å². The van der Waals surface area contributed by atoms with E-state index in [1.165, 1.54) is 0 Å². The molecular weight excluding hydrogens is 184 g/mol. The van der Waals surface area contributed by atoms with E-state index in [1.54, 1.807) is 6.26 Å². The molecule has 0 spiro atoms. The highest BCUT2D eigenvalue weighted by atomic mass is 32.2. The van der Waals surface area contributed by atoms with Gasteiger partial charge in [-0.2, -0.15) is 5.26 Å². The molecule has 1 aromatic carbocycles. The van der Waals surface area contributed by atoms with Gasteiger partial charge >= 0.3 is 0 Å². The highest BCUT2D eigenvalue weighted by Gasteiger charge is 2.00. The van der Waals surface area contributed by atoms with Gasteiger partial charge in [-0.1, -0.05) is 35.5 Å². The summed E-state index contributed by atoms with van der Waals surface area (Å²) < 4.78 is 4.72. The Hall–Kier alpha value is -1.47. The number of benzene rings is 1. The number of nitrogens with zero attached hydrogens (tertiary/aromatic N) is 2. The average molecular weight is 192 g/mol. The maximum atomic E-state index is 8.74. The molecule has 3 nitrogen and oxygen atoms in total. The predicted octanol–water partition coefficient (Wildman–Crippen LogP) is 2.21. The molecule has 0 aliphatic heterocycles. The molecule has 66 valence electrons. The molecule has 0 saturated heterocycles. The molecule has 0 heterocycles. The van der Waals surface area contributed by atoms with Crippen molar-refractivity contribution < 1.29 is 4.28 Å². The Balaban J connectivity index is 2.87. The minimum absolute atomic E-state index is 0.287. The Kier molecular flexibility index (Phi) is 3.86. The van der Waals surface area contributed by atoms with Crippen molar-refractivity contribution in [2.75, 3.05) is 6.26 Å². The lowest BCUT2D eigenvalue weighted by Gasteiger charge is -1.95. The van der Waals surface area contributed by atoms with Crippen molar-refractivity contribution in [2.24, 2.45) is 5.16 Å². The molecule has 0 atom stereocenters. The number of oxime groups is 1. The molecule has 0 bridgehead atoms. The number of nitriles is 1. The van der Waals surface area contributed by atoms with Crippen LogP contribution in [0.3, 0.4) is 0 Å². The summed E-state index contributed by atoms with van der Waals surface area (Å²) in [5.74, 6) is 0. The lowest BCUT2D eigenvalue weighted by molar-refractivity contribution is 0.409. The maximum absolute atomic E-state index is 8.74. The zero-order chi connectivity index (χ0) is 9.52. The van der Waals surface area contributed by atoms with Gasteiger partial charge in [0, 0.05) is 11.8 Å². The first kappa shape index (κ1) is 9.62. The molecule has 0 aromatic heterocycles. The Labute approximate surface area is 81.2 Å². The third-order valence-electron chi connectivity index (χ3n) is 1.36. The summed E-state index contributed by atoms with van der Waals surface area (Å²) in [6.07, 6.45) is 1.74. The summed E-state index contributed by atoms with van der Waals surface area (Å²) >= 11 is 1.10. The van der Waals surface area contributed by atoms with Crippen molar-refractivity contribution in [1.82, 2.24) is 0 Å². The Morgan fingerprint density at radius 1 is 1.46 bits per heavy atom. The minimum atomic E-state index is 0.287. The summed E-state index contributed by atoms with van der Waals surface area (Å²) in [7, 11) is 0. The molecule has 0 N–H and O–H groups in total. The summed E-state index contributed by atoms with van der Waals surface area (Å²) in [4.78, 5) is 0. The second-order valence-electron chi connectivity index (χ2n) is 2.16. The Morgan fingerprint density at radius 2 is 2.15 bits per heavy atom. The van der Waals surface area contributed by atoms with Gasteiger partial charge in [-0.05, 0) is 0 Å². The van der Waals surface area contributed by atoms with Gasteiger partial charge in [0.25, 0.3) is 0 Å². The molecule has 0 saturated carbocycles. The van der Waals surface area contributed by atoms with Crippen molar-refractivity contribution in [2.45, 2.75) is 0 Å². The van der Waals surface area contributed by atoms with Crippen LogP contribution >= 0.6 is 12.0 Å². The number of hydrogen-bond donors (Lipinski definition) is 0. The van der Waals surface area contributed by atoms with Crippen molar-refractivity contribution in [1.29, 1.82) is 5.26 Å². The number of rotatable bonds is 3. The van der Waals surface area contributed by atoms with Crippen LogP contribution in [0.2, 0.25) is 0 Å². The van der Waals surface area contributed by atoms with Crippen molar-refractivity contribution in [3.63, 3.8) is 0 Å². The van der Waals surface area contributed by atoms with Gasteiger partial charge in [0.1, 0.15) is 6.07 Å². The van der Waals surface area contributed by atoms with Gasteiger partial charge in [-0.25, -0.2) is 0 Å². The largest absolute Gasteiger partial charge is 0.321 e. The average Bonchev–Trinajstić information content (AvgIpc) is 2.21. The highest BCUT2D eigenvalue weighted by molar-refractivity contribution is 7.93. The molecule has 0 unspecified atom stereocenters. The van der Waals surface area contributed by atoms with Crippen molar-refractivity contribution >= 4 is 17.8 Å². The molecule has 1 rings (SSSR count). The fraction of sp³-hybridized carbons (Fsp3) is 0.111. The monoisotopic (exact) mass is 192 g/mol. The summed E-state index contributed by atoms with van der Waals surface area (Å²) in [6, 6.07) is 11.2. The molecule has 0 aliphatic carbocycles. The molecule has 13 heavy (non-hydrogen) atoms. The van der Waals surface area contributed by atoms with Crippen LogP contribution in [0.5, 0.6) is 0 Å². The zero-order valence-corrected chi connectivity index (χ0v) is 7.91. The van der Waals surface area contributed by atoms with Crippen LogP contribution in [-0.4, -0.2) is 12.0 Å². The normalized spacial score (nSPS) is 10.6. The molecular formula is C9H8N2OS. The lowest BCUT2D eigenvalue weighted by atomic mass is 10.1. The third-order valence-corrected chi connectivity index (χ3v) is 1.58. The van der Waals surface area contributed by atoms with E-state index >= 15 is 0 Å². The van der Waals surface area contributed by atoms with Gasteiger partial charge in [0.05, 0.1) is 12.0 Å². The lowest BCUT2D eigenvalue weighted by Crippen LogP contribution is -1.96. The molecule has 0 amide bonds. The highest BCUT2D eigenvalue weighted by Crippen LogP contribution is 2.03. The van der Waals surface area contributed by atoms with Gasteiger partial charge in [-0.3, -0.25) is 0 Å². The fourth-order valence-corrected chi connectivity index (χ4v) is 0.957. The SMILES string of the molecule is CSON=C(C#N)c1ccccc1. The van der Waals surface area contributed by atoms with E-state index in [1.807, 2.05) is 36.4 Å². The first-order chi connectivity index (χ1) is 6.38. The van der Waals surface area contributed by atoms with Gasteiger partial charge < -0.3 is 4.28 Å². The van der Waals surface area contributed by atoms with Crippen LogP contribution in [-0.2, 0) is 4.28 Å². The van der Waals surface area contributed by atoms with Gasteiger partial charge in [-0.15, -0.1) is 0 Å². The van der Waals surface area contributed by atoms with E-state index in [4.69, 9.17) is 9.55 Å². The summed E-state index contributed by atoms with van der Waals surface area (Å²) in [5, 5.41) is 12.4. The second-order valence-corrected chi connectivity index (χ2v) is 2.64. The van der Waals surface area contributed by atoms with E-state index in [-0.39, 0.29) is 5.71 Å². The van der Waals surface area contributed by atoms with E-state index in [0.717, 1.165) is 17.6 Å². The molecule has 0 fully saturated rings. The summed E-state index contributed by atoms with van der Waals surface area (Å²) in [5.41, 5.74) is 1.05. The maximum Gasteiger partial charge on any atom is 0.188 e. The molecule has 4 heteroatoms. The first-order valence-corrected chi connectivity index (χ1v) is 4.77. The van der Waals surface area contributed by atoms with Gasteiger partial charge in [0.15, 0.2) is 5.71 Å². The van der Waals surface area contributed by atoms with Crippen LogP contribution in [0, 0.1) is 11.3 Å². The van der Waals surface area contributed by atoms with Crippen molar-refractivity contribution in [3.8, 4) is 6.07 Å². The first-order valence-electron chi connectivity index (χ1n) is 3.62. The summed E-state index contributed by atoms with van der Waals surface area (Å²) in [6.45, 7) is 0. The van der Waals surface area contributed by atoms with E-state index in [2.05, 4.69) is 5.16 Å². The van der Waals surface area contributed by atoms with Crippen LogP contribution in [0.15, 0.2) is 35.5 Å². The Bertz CT molecular complexity index is 329. The Morgan fingerprint density at radius 3 is 2.69 bits per heavy atom. The molecule has 0 radical (unpaired) electrons. The van der Waals surface area contributed by atoms with Crippen LogP contribution in [0.1, 0.15) is 5.56 Å². The van der Waals surface area contributed by atoms with E-state index in [9.17, 15) is 0 Å². The van der Waals surface area contributed by atoms with E-state index in [0.29, 0.717) is 0 Å². The van der Waals surface area contributed by atoms with Crippen LogP contribution < -0.4 is 0 Å². The smallest absolute Gasteiger partial charge is 0.188 e. The zero-order valence-electron chi connectivity index (χ0n) is 7.10. The second kappa shape index (κ2) is 5.22. The van der Waals surface area contributed by atoms with Crippen molar-refractivity contribution in [3.05, 3.63) is 35.9 Å². The third kappa shape index (κ3) is 2.80. The quantitative estimate of drug-likeness (QED) is 0.419. The minimum Gasteiger partial charge on any atom is -0.321 e.